The van der Waals surface area contributed by atoms with Crippen LogP contribution in [0, 0.1) is 0 Å². The molecule has 2 rings (SSSR count). The van der Waals surface area contributed by atoms with Crippen LogP contribution in [-0.4, -0.2) is 47.6 Å². The molecular weight excluding hydrogens is 244 g/mol. The van der Waals surface area contributed by atoms with E-state index < -0.39 is 11.7 Å². The van der Waals surface area contributed by atoms with Crippen molar-refractivity contribution in [3.63, 3.8) is 0 Å². The Morgan fingerprint density at radius 3 is 2.63 bits per heavy atom. The van der Waals surface area contributed by atoms with E-state index in [1.807, 2.05) is 24.1 Å². The van der Waals surface area contributed by atoms with Crippen molar-refractivity contribution in [2.45, 2.75) is 31.5 Å². The lowest BCUT2D eigenvalue weighted by atomic mass is 9.94. The van der Waals surface area contributed by atoms with Crippen molar-refractivity contribution in [1.29, 1.82) is 0 Å². The van der Waals surface area contributed by atoms with E-state index in [9.17, 15) is 10.2 Å². The first-order valence-electron chi connectivity index (χ1n) is 6.65. The molecular formula is C14H22N2O3. The highest BCUT2D eigenvalue weighted by atomic mass is 16.5. The highest BCUT2D eigenvalue weighted by molar-refractivity contribution is 5.44. The molecule has 19 heavy (non-hydrogen) atoms. The largest absolute Gasteiger partial charge is 0.388 e. The van der Waals surface area contributed by atoms with Gasteiger partial charge in [0.25, 0.3) is 0 Å². The van der Waals surface area contributed by atoms with Gasteiger partial charge in [0.2, 0.25) is 0 Å². The second-order valence-electron chi connectivity index (χ2n) is 5.31. The summed E-state index contributed by atoms with van der Waals surface area (Å²) in [4.78, 5) is 6.21. The summed E-state index contributed by atoms with van der Waals surface area (Å²) in [5.74, 6) is 0. The predicted molar refractivity (Wildman–Crippen MR) is 73.1 cm³/mol. The number of nitrogens with zero attached hydrogens (tertiary/aromatic N) is 2. The van der Waals surface area contributed by atoms with Gasteiger partial charge in [0.05, 0.1) is 29.3 Å². The van der Waals surface area contributed by atoms with Crippen LogP contribution in [0.5, 0.6) is 0 Å². The van der Waals surface area contributed by atoms with Gasteiger partial charge in [-0.2, -0.15) is 0 Å². The van der Waals surface area contributed by atoms with Crippen molar-refractivity contribution in [2.75, 3.05) is 31.7 Å². The van der Waals surface area contributed by atoms with Gasteiger partial charge in [-0.15, -0.1) is 0 Å². The fourth-order valence-electron chi connectivity index (χ4n) is 2.31. The number of pyridine rings is 1. The molecule has 1 fully saturated rings. The SMILES string of the molecule is CC(O)c1ccc(N(C)CC2(O)CCOCC2)cn1. The molecule has 2 heterocycles. The second kappa shape index (κ2) is 5.86. The van der Waals surface area contributed by atoms with E-state index in [1.165, 1.54) is 0 Å². The van der Waals surface area contributed by atoms with Crippen LogP contribution in [-0.2, 0) is 4.74 Å². The number of anilines is 1. The van der Waals surface area contributed by atoms with Crippen LogP contribution in [0.3, 0.4) is 0 Å². The van der Waals surface area contributed by atoms with E-state index >= 15 is 0 Å². The molecule has 106 valence electrons. The summed E-state index contributed by atoms with van der Waals surface area (Å²) in [6.07, 6.45) is 2.50. The van der Waals surface area contributed by atoms with Crippen LogP contribution in [0.15, 0.2) is 18.3 Å². The minimum Gasteiger partial charge on any atom is -0.388 e. The molecule has 1 aromatic rings. The molecule has 1 atom stereocenters. The van der Waals surface area contributed by atoms with Gasteiger partial charge in [-0.1, -0.05) is 0 Å². The maximum atomic E-state index is 10.5. The molecule has 0 spiro atoms. The molecule has 1 unspecified atom stereocenters. The predicted octanol–water partition coefficient (Wildman–Crippen LogP) is 1.11. The van der Waals surface area contributed by atoms with E-state index in [2.05, 4.69) is 4.98 Å². The molecule has 0 aliphatic carbocycles. The van der Waals surface area contributed by atoms with Crippen LogP contribution in [0.4, 0.5) is 5.69 Å². The van der Waals surface area contributed by atoms with Crippen molar-refractivity contribution in [1.82, 2.24) is 4.98 Å². The maximum Gasteiger partial charge on any atom is 0.0931 e. The Bertz CT molecular complexity index is 400. The van der Waals surface area contributed by atoms with E-state index in [-0.39, 0.29) is 0 Å². The lowest BCUT2D eigenvalue weighted by Gasteiger charge is -2.36. The van der Waals surface area contributed by atoms with E-state index in [4.69, 9.17) is 4.74 Å². The van der Waals surface area contributed by atoms with Crippen LogP contribution >= 0.6 is 0 Å². The van der Waals surface area contributed by atoms with Crippen LogP contribution < -0.4 is 4.90 Å². The smallest absolute Gasteiger partial charge is 0.0931 e. The highest BCUT2D eigenvalue weighted by Gasteiger charge is 2.31. The first-order valence-corrected chi connectivity index (χ1v) is 6.65. The summed E-state index contributed by atoms with van der Waals surface area (Å²) in [7, 11) is 1.94. The summed E-state index contributed by atoms with van der Waals surface area (Å²) in [5.41, 5.74) is 0.905. The van der Waals surface area contributed by atoms with Crippen molar-refractivity contribution >= 4 is 5.69 Å². The zero-order valence-electron chi connectivity index (χ0n) is 11.5. The Morgan fingerprint density at radius 2 is 2.11 bits per heavy atom. The lowest BCUT2D eigenvalue weighted by molar-refractivity contribution is -0.0572. The number of aliphatic hydroxyl groups is 2. The number of aromatic nitrogens is 1. The van der Waals surface area contributed by atoms with Gasteiger partial charge in [-0.3, -0.25) is 4.98 Å². The molecule has 1 saturated heterocycles. The third-order valence-corrected chi connectivity index (χ3v) is 3.59. The molecule has 0 amide bonds. The number of likely N-dealkylation sites (N-methyl/N-ethyl adjacent to an activating group) is 1. The average Bonchev–Trinajstić information content (AvgIpc) is 2.39. The molecule has 5 heteroatoms. The van der Waals surface area contributed by atoms with E-state index in [1.54, 1.807) is 13.1 Å². The third-order valence-electron chi connectivity index (χ3n) is 3.59. The van der Waals surface area contributed by atoms with E-state index in [0.717, 1.165) is 5.69 Å². The summed E-state index contributed by atoms with van der Waals surface area (Å²) in [5, 5.41) is 19.9. The van der Waals surface area contributed by atoms with Crippen molar-refractivity contribution in [3.05, 3.63) is 24.0 Å². The summed E-state index contributed by atoms with van der Waals surface area (Å²) in [6, 6.07) is 3.72. The van der Waals surface area contributed by atoms with Crippen LogP contribution in [0.25, 0.3) is 0 Å². The molecule has 1 aliphatic rings. The van der Waals surface area contributed by atoms with Gasteiger partial charge in [0, 0.05) is 39.6 Å². The molecule has 5 nitrogen and oxygen atoms in total. The lowest BCUT2D eigenvalue weighted by Crippen LogP contribution is -2.45. The monoisotopic (exact) mass is 266 g/mol. The Balaban J connectivity index is 2.00. The minimum absolute atomic E-state index is 0.556. The molecule has 1 aromatic heterocycles. The van der Waals surface area contributed by atoms with Crippen molar-refractivity contribution < 1.29 is 14.9 Å². The zero-order valence-corrected chi connectivity index (χ0v) is 11.5. The number of aliphatic hydroxyl groups excluding tert-OH is 1. The Morgan fingerprint density at radius 1 is 1.42 bits per heavy atom. The quantitative estimate of drug-likeness (QED) is 0.854. The zero-order chi connectivity index (χ0) is 13.9. The number of rotatable bonds is 4. The Labute approximate surface area is 113 Å². The van der Waals surface area contributed by atoms with Crippen LogP contribution in [0.2, 0.25) is 0 Å². The normalized spacial score (nSPS) is 20.0. The molecule has 0 bridgehead atoms. The van der Waals surface area contributed by atoms with E-state index in [0.29, 0.717) is 38.3 Å². The van der Waals surface area contributed by atoms with Gasteiger partial charge in [0.15, 0.2) is 0 Å². The second-order valence-corrected chi connectivity index (χ2v) is 5.31. The average molecular weight is 266 g/mol. The number of hydrogen-bond donors (Lipinski definition) is 2. The number of hydrogen-bond acceptors (Lipinski definition) is 5. The summed E-state index contributed by atoms with van der Waals surface area (Å²) in [6.45, 7) is 3.48. The number of ether oxygens (including phenoxy) is 1. The molecule has 0 aromatic carbocycles. The van der Waals surface area contributed by atoms with Gasteiger partial charge < -0.3 is 19.8 Å². The Kier molecular flexibility index (Phi) is 4.39. The van der Waals surface area contributed by atoms with Gasteiger partial charge >= 0.3 is 0 Å². The van der Waals surface area contributed by atoms with Gasteiger partial charge in [-0.25, -0.2) is 0 Å². The molecule has 0 saturated carbocycles. The fourth-order valence-corrected chi connectivity index (χ4v) is 2.31. The fraction of sp³-hybridized carbons (Fsp3) is 0.643. The molecule has 0 radical (unpaired) electrons. The maximum absolute atomic E-state index is 10.5. The summed E-state index contributed by atoms with van der Waals surface area (Å²) < 4.78 is 5.28. The highest BCUT2D eigenvalue weighted by Crippen LogP contribution is 2.24. The van der Waals surface area contributed by atoms with Crippen LogP contribution in [0.1, 0.15) is 31.6 Å². The Hall–Kier alpha value is -1.17. The van der Waals surface area contributed by atoms with Gasteiger partial charge in [0.1, 0.15) is 0 Å². The van der Waals surface area contributed by atoms with Crippen molar-refractivity contribution in [2.24, 2.45) is 0 Å². The standard InChI is InChI=1S/C14H22N2O3/c1-11(17)13-4-3-12(9-15-13)16(2)10-14(18)5-7-19-8-6-14/h3-4,9,11,17-18H,5-8,10H2,1-2H3. The first kappa shape index (κ1) is 14.2. The molecule has 1 aliphatic heterocycles. The summed E-state index contributed by atoms with van der Waals surface area (Å²) >= 11 is 0. The first-order chi connectivity index (χ1) is 9.00. The van der Waals surface area contributed by atoms with Gasteiger partial charge in [-0.05, 0) is 19.1 Å². The van der Waals surface area contributed by atoms with Crippen molar-refractivity contribution in [3.8, 4) is 0 Å². The molecule has 2 N–H and O–H groups in total. The topological polar surface area (TPSA) is 65.8 Å². The minimum atomic E-state index is -0.685. The third kappa shape index (κ3) is 3.65.